The third-order valence-corrected chi connectivity index (χ3v) is 11.1. The maximum Gasteiger partial charge on any atom is 0.102 e. The van der Waals surface area contributed by atoms with Gasteiger partial charge in [0.25, 0.3) is 0 Å². The molecule has 2 aromatic rings. The maximum atomic E-state index is 12.3. The van der Waals surface area contributed by atoms with E-state index in [2.05, 4.69) is 41.4 Å². The van der Waals surface area contributed by atoms with Crippen LogP contribution in [0.2, 0.25) is 0 Å². The molecule has 9 atom stereocenters. The summed E-state index contributed by atoms with van der Waals surface area (Å²) in [4.78, 5) is 2.01. The van der Waals surface area contributed by atoms with Gasteiger partial charge in [-0.05, 0) is 87.7 Å². The molecule has 2 aliphatic heterocycles. The van der Waals surface area contributed by atoms with E-state index in [1.165, 1.54) is 11.1 Å². The highest BCUT2D eigenvalue weighted by atomic mass is 16.6. The second kappa shape index (κ2) is 7.35. The molecule has 0 amide bonds. The van der Waals surface area contributed by atoms with Gasteiger partial charge in [0.1, 0.15) is 5.60 Å². The second-order valence-corrected chi connectivity index (χ2v) is 12.7. The first-order valence-electron chi connectivity index (χ1n) is 13.5. The SMILES string of the molecule is CN(C)C1CC23CCC4(O2)C2CC=C(c5ccc6ccnnc6c5)C2(C)CCC4(O)CC3C(O)C1O. The molecule has 7 heteroatoms. The summed E-state index contributed by atoms with van der Waals surface area (Å²) in [5.41, 5.74) is 1.16. The van der Waals surface area contributed by atoms with Crippen molar-refractivity contribution in [1.29, 1.82) is 0 Å². The van der Waals surface area contributed by atoms with E-state index in [0.29, 0.717) is 19.3 Å². The highest BCUT2D eigenvalue weighted by molar-refractivity contribution is 5.84. The number of allylic oxidation sites excluding steroid dienone is 2. The number of hydrogen-bond acceptors (Lipinski definition) is 7. The standard InChI is InChI=1S/C29H37N3O4/c1-26-9-11-28(35)15-20-24(33)25(34)22(32(2)3)16-27(20)10-12-29(28,36-27)23(26)7-6-19(26)18-5-4-17-8-13-30-31-21(17)14-18/h4-6,8,13-14,20,22-25,33-35H,7,9-12,15-16H2,1-3H3. The Bertz CT molecular complexity index is 1270. The van der Waals surface area contributed by atoms with Gasteiger partial charge in [-0.25, -0.2) is 0 Å². The van der Waals surface area contributed by atoms with Gasteiger partial charge in [-0.2, -0.15) is 10.2 Å². The Hall–Kier alpha value is -1.90. The molecule has 7 rings (SSSR count). The van der Waals surface area contributed by atoms with E-state index in [4.69, 9.17) is 4.74 Å². The lowest BCUT2D eigenvalue weighted by molar-refractivity contribution is -0.331. The van der Waals surface area contributed by atoms with Gasteiger partial charge in [-0.1, -0.05) is 25.1 Å². The van der Waals surface area contributed by atoms with Crippen LogP contribution in [0.4, 0.5) is 0 Å². The molecule has 1 aromatic carbocycles. The van der Waals surface area contributed by atoms with Crippen molar-refractivity contribution < 1.29 is 20.1 Å². The molecule has 0 radical (unpaired) electrons. The first kappa shape index (κ1) is 23.2. The molecule has 2 bridgehead atoms. The van der Waals surface area contributed by atoms with Gasteiger partial charge in [0.2, 0.25) is 0 Å². The average molecular weight is 492 g/mol. The Morgan fingerprint density at radius 3 is 2.67 bits per heavy atom. The zero-order chi connectivity index (χ0) is 25.1. The smallest absolute Gasteiger partial charge is 0.102 e. The fraction of sp³-hybridized carbons (Fsp3) is 0.655. The minimum Gasteiger partial charge on any atom is -0.390 e. The highest BCUT2D eigenvalue weighted by Gasteiger charge is 2.76. The lowest BCUT2D eigenvalue weighted by atomic mass is 9.51. The molecule has 36 heavy (non-hydrogen) atoms. The van der Waals surface area contributed by atoms with Crippen molar-refractivity contribution in [3.05, 3.63) is 42.1 Å². The van der Waals surface area contributed by atoms with Crippen molar-refractivity contribution in [2.75, 3.05) is 14.1 Å². The van der Waals surface area contributed by atoms with Crippen LogP contribution >= 0.6 is 0 Å². The van der Waals surface area contributed by atoms with E-state index >= 15 is 0 Å². The van der Waals surface area contributed by atoms with Crippen LogP contribution in [-0.2, 0) is 4.74 Å². The predicted octanol–water partition coefficient (Wildman–Crippen LogP) is 2.93. The molecule has 3 aliphatic carbocycles. The molecule has 1 aromatic heterocycles. The Morgan fingerprint density at radius 2 is 1.86 bits per heavy atom. The van der Waals surface area contributed by atoms with E-state index < -0.39 is 29.0 Å². The number of rotatable bonds is 2. The number of nitrogens with zero attached hydrogens (tertiary/aromatic N) is 3. The van der Waals surface area contributed by atoms with Crippen molar-refractivity contribution in [1.82, 2.24) is 15.1 Å². The summed E-state index contributed by atoms with van der Waals surface area (Å²) >= 11 is 0. The number of hydrogen-bond donors (Lipinski definition) is 3. The summed E-state index contributed by atoms with van der Waals surface area (Å²) in [5, 5.41) is 43.9. The van der Waals surface area contributed by atoms with Crippen molar-refractivity contribution in [2.24, 2.45) is 17.3 Å². The second-order valence-electron chi connectivity index (χ2n) is 12.7. The molecule has 2 spiro atoms. The normalized spacial score (nSPS) is 47.4. The van der Waals surface area contributed by atoms with Gasteiger partial charge in [0.05, 0.1) is 35.1 Å². The first-order chi connectivity index (χ1) is 17.1. The fourth-order valence-electron chi connectivity index (χ4n) is 9.20. The Morgan fingerprint density at radius 1 is 1.03 bits per heavy atom. The van der Waals surface area contributed by atoms with E-state index in [0.717, 1.165) is 36.6 Å². The zero-order valence-corrected chi connectivity index (χ0v) is 21.4. The molecule has 2 saturated carbocycles. The number of benzene rings is 1. The van der Waals surface area contributed by atoms with Crippen molar-refractivity contribution in [3.8, 4) is 0 Å². The van der Waals surface area contributed by atoms with Gasteiger partial charge in [-0.3, -0.25) is 0 Å². The van der Waals surface area contributed by atoms with Crippen LogP contribution in [0.3, 0.4) is 0 Å². The summed E-state index contributed by atoms with van der Waals surface area (Å²) in [5.74, 6) is -0.0833. The van der Waals surface area contributed by atoms with E-state index in [1.807, 2.05) is 25.1 Å². The van der Waals surface area contributed by atoms with Gasteiger partial charge in [0.15, 0.2) is 0 Å². The molecule has 9 unspecified atom stereocenters. The van der Waals surface area contributed by atoms with Gasteiger partial charge in [-0.15, -0.1) is 0 Å². The topological polar surface area (TPSA) is 98.9 Å². The molecule has 3 heterocycles. The van der Waals surface area contributed by atoms with E-state index in [9.17, 15) is 15.3 Å². The zero-order valence-electron chi connectivity index (χ0n) is 21.4. The van der Waals surface area contributed by atoms with Crippen LogP contribution in [0.25, 0.3) is 16.5 Å². The molecule has 192 valence electrons. The molecule has 3 N–H and O–H groups in total. The number of fused-ring (bicyclic) bond motifs is 2. The van der Waals surface area contributed by atoms with Crippen LogP contribution in [0.5, 0.6) is 0 Å². The maximum absolute atomic E-state index is 12.3. The van der Waals surface area contributed by atoms with Crippen molar-refractivity contribution in [2.45, 2.75) is 86.9 Å². The lowest BCUT2D eigenvalue weighted by Crippen LogP contribution is -2.73. The van der Waals surface area contributed by atoms with Crippen LogP contribution < -0.4 is 0 Å². The number of aromatic nitrogens is 2. The Labute approximate surface area is 212 Å². The minimum absolute atomic E-state index is 0.117. The summed E-state index contributed by atoms with van der Waals surface area (Å²) in [6.07, 6.45) is 7.54. The number of likely N-dealkylation sites (N-methyl/N-ethyl adjacent to an activating group) is 1. The van der Waals surface area contributed by atoms with Crippen molar-refractivity contribution in [3.63, 3.8) is 0 Å². The molecule has 4 fully saturated rings. The summed E-state index contributed by atoms with van der Waals surface area (Å²) in [7, 11) is 3.92. The van der Waals surface area contributed by atoms with Gasteiger partial charge >= 0.3 is 0 Å². The third kappa shape index (κ3) is 2.76. The van der Waals surface area contributed by atoms with E-state index in [1.54, 1.807) is 6.20 Å². The molecular weight excluding hydrogens is 454 g/mol. The number of ether oxygens (including phenoxy) is 1. The monoisotopic (exact) mass is 491 g/mol. The van der Waals surface area contributed by atoms with Crippen LogP contribution in [0.1, 0.15) is 57.4 Å². The van der Waals surface area contributed by atoms with Gasteiger partial charge < -0.3 is 25.0 Å². The number of aliphatic hydroxyl groups excluding tert-OH is 2. The van der Waals surface area contributed by atoms with Crippen molar-refractivity contribution >= 4 is 16.5 Å². The molecular formula is C29H37N3O4. The minimum atomic E-state index is -0.994. The highest BCUT2D eigenvalue weighted by Crippen LogP contribution is 2.71. The first-order valence-corrected chi connectivity index (χ1v) is 13.5. The lowest BCUT2D eigenvalue weighted by Gasteiger charge is -2.65. The molecule has 2 saturated heterocycles. The Balaban J connectivity index is 1.27. The van der Waals surface area contributed by atoms with Crippen LogP contribution in [-0.4, -0.2) is 79.6 Å². The van der Waals surface area contributed by atoms with Crippen LogP contribution in [0.15, 0.2) is 36.5 Å². The fourth-order valence-corrected chi connectivity index (χ4v) is 9.20. The number of aliphatic hydroxyl groups is 3. The largest absolute Gasteiger partial charge is 0.390 e. The quantitative estimate of drug-likeness (QED) is 0.594. The van der Waals surface area contributed by atoms with Gasteiger partial charge in [0, 0.05) is 23.3 Å². The van der Waals surface area contributed by atoms with E-state index in [-0.39, 0.29) is 23.3 Å². The molecule has 5 aliphatic rings. The average Bonchev–Trinajstić information content (AvgIpc) is 3.39. The molecule has 7 nitrogen and oxygen atoms in total. The van der Waals surface area contributed by atoms with Crippen LogP contribution in [0, 0.1) is 17.3 Å². The third-order valence-electron chi connectivity index (χ3n) is 11.1. The summed E-state index contributed by atoms with van der Waals surface area (Å²) in [6.45, 7) is 2.36. The summed E-state index contributed by atoms with van der Waals surface area (Å²) in [6, 6.07) is 8.28. The summed E-state index contributed by atoms with van der Waals surface area (Å²) < 4.78 is 7.21. The Kier molecular flexibility index (Phi) is 4.75. The predicted molar refractivity (Wildman–Crippen MR) is 136 cm³/mol.